The summed E-state index contributed by atoms with van der Waals surface area (Å²) in [6.07, 6.45) is 0. The second-order valence-corrected chi connectivity index (χ2v) is 6.95. The van der Waals surface area contributed by atoms with Gasteiger partial charge in [-0.15, -0.1) is 0 Å². The zero-order chi connectivity index (χ0) is 17.7. The number of hydrogen-bond donors (Lipinski definition) is 0. The molecule has 0 fully saturated rings. The summed E-state index contributed by atoms with van der Waals surface area (Å²) in [5.41, 5.74) is 6.49. The molecular formula is C23H19N3. The predicted octanol–water partition coefficient (Wildman–Crippen LogP) is 5.83. The molecule has 0 saturated heterocycles. The molecule has 0 aliphatic heterocycles. The van der Waals surface area contributed by atoms with Gasteiger partial charge in [0, 0.05) is 10.9 Å². The Labute approximate surface area is 152 Å². The Kier molecular flexibility index (Phi) is 3.29. The van der Waals surface area contributed by atoms with E-state index in [0.29, 0.717) is 5.92 Å². The summed E-state index contributed by atoms with van der Waals surface area (Å²) in [5, 5.41) is 1.08. The summed E-state index contributed by atoms with van der Waals surface area (Å²) < 4.78 is 2.21. The van der Waals surface area contributed by atoms with Crippen LogP contribution in [0.15, 0.2) is 72.8 Å². The van der Waals surface area contributed by atoms with Crippen molar-refractivity contribution in [2.75, 3.05) is 0 Å². The minimum Gasteiger partial charge on any atom is -0.276 e. The maximum absolute atomic E-state index is 5.06. The molecule has 0 aliphatic carbocycles. The molecule has 3 heteroatoms. The third-order valence-corrected chi connectivity index (χ3v) is 4.97. The van der Waals surface area contributed by atoms with Gasteiger partial charge in [0.2, 0.25) is 0 Å². The van der Waals surface area contributed by atoms with Gasteiger partial charge in [-0.1, -0.05) is 62.4 Å². The van der Waals surface area contributed by atoms with Crippen molar-refractivity contribution in [2.45, 2.75) is 19.8 Å². The lowest BCUT2D eigenvalue weighted by molar-refractivity contribution is 0.866. The second-order valence-electron chi connectivity index (χ2n) is 6.95. The van der Waals surface area contributed by atoms with Gasteiger partial charge < -0.3 is 0 Å². The third kappa shape index (κ3) is 2.14. The first kappa shape index (κ1) is 15.1. The van der Waals surface area contributed by atoms with Crippen LogP contribution in [0.4, 0.5) is 0 Å². The molecule has 0 spiro atoms. The Morgan fingerprint density at radius 1 is 0.731 bits per heavy atom. The van der Waals surface area contributed by atoms with Crippen molar-refractivity contribution in [2.24, 2.45) is 0 Å². The fourth-order valence-electron chi connectivity index (χ4n) is 3.73. The van der Waals surface area contributed by atoms with E-state index in [4.69, 9.17) is 9.97 Å². The first-order valence-electron chi connectivity index (χ1n) is 8.99. The van der Waals surface area contributed by atoms with Gasteiger partial charge in [0.05, 0.1) is 16.6 Å². The van der Waals surface area contributed by atoms with Crippen LogP contribution in [-0.2, 0) is 0 Å². The van der Waals surface area contributed by atoms with Crippen molar-refractivity contribution in [3.05, 3.63) is 78.4 Å². The molecule has 0 unspecified atom stereocenters. The largest absolute Gasteiger partial charge is 0.276 e. The molecule has 3 aromatic carbocycles. The molecule has 5 rings (SSSR count). The summed E-state index contributed by atoms with van der Waals surface area (Å²) in [7, 11) is 0. The fourth-order valence-corrected chi connectivity index (χ4v) is 3.73. The van der Waals surface area contributed by atoms with Crippen LogP contribution in [0.25, 0.3) is 39.0 Å². The topological polar surface area (TPSA) is 30.2 Å². The van der Waals surface area contributed by atoms with Gasteiger partial charge in [0.15, 0.2) is 0 Å². The smallest absolute Gasteiger partial charge is 0.149 e. The monoisotopic (exact) mass is 337 g/mol. The highest BCUT2D eigenvalue weighted by molar-refractivity contribution is 5.98. The van der Waals surface area contributed by atoms with Gasteiger partial charge >= 0.3 is 0 Å². The normalized spacial score (nSPS) is 11.8. The predicted molar refractivity (Wildman–Crippen MR) is 108 cm³/mol. The van der Waals surface area contributed by atoms with Crippen LogP contribution in [-0.4, -0.2) is 14.4 Å². The van der Waals surface area contributed by atoms with E-state index in [0.717, 1.165) is 33.4 Å². The summed E-state index contributed by atoms with van der Waals surface area (Å²) in [4.78, 5) is 9.99. The average molecular weight is 337 g/mol. The highest BCUT2D eigenvalue weighted by Crippen LogP contribution is 2.33. The first-order valence-corrected chi connectivity index (χ1v) is 8.99. The van der Waals surface area contributed by atoms with Crippen LogP contribution in [0.3, 0.4) is 0 Å². The highest BCUT2D eigenvalue weighted by atomic mass is 15.1. The Balaban J connectivity index is 2.02. The van der Waals surface area contributed by atoms with Crippen LogP contribution >= 0.6 is 0 Å². The van der Waals surface area contributed by atoms with Crippen molar-refractivity contribution in [1.82, 2.24) is 14.4 Å². The van der Waals surface area contributed by atoms with Crippen molar-refractivity contribution >= 4 is 27.6 Å². The molecule has 0 amide bonds. The van der Waals surface area contributed by atoms with Crippen LogP contribution in [0.1, 0.15) is 25.3 Å². The van der Waals surface area contributed by atoms with Crippen LogP contribution in [0.5, 0.6) is 0 Å². The lowest BCUT2D eigenvalue weighted by atomic mass is 9.96. The maximum Gasteiger partial charge on any atom is 0.149 e. The highest BCUT2D eigenvalue weighted by Gasteiger charge is 2.17. The number of para-hydroxylation sites is 3. The number of imidazole rings is 1. The first-order chi connectivity index (χ1) is 12.7. The zero-order valence-electron chi connectivity index (χ0n) is 14.8. The fraction of sp³-hybridized carbons (Fsp3) is 0.130. The minimum absolute atomic E-state index is 0.421. The van der Waals surface area contributed by atoms with Gasteiger partial charge in [0.25, 0.3) is 0 Å². The van der Waals surface area contributed by atoms with Crippen molar-refractivity contribution in [1.29, 1.82) is 0 Å². The third-order valence-electron chi connectivity index (χ3n) is 4.97. The molecule has 5 aromatic rings. The van der Waals surface area contributed by atoms with Gasteiger partial charge in [-0.05, 0) is 35.7 Å². The quantitative estimate of drug-likeness (QED) is 0.406. The van der Waals surface area contributed by atoms with Gasteiger partial charge in [-0.25, -0.2) is 9.97 Å². The van der Waals surface area contributed by atoms with E-state index < -0.39 is 0 Å². The van der Waals surface area contributed by atoms with Gasteiger partial charge in [-0.2, -0.15) is 0 Å². The van der Waals surface area contributed by atoms with E-state index >= 15 is 0 Å². The molecule has 2 heterocycles. The van der Waals surface area contributed by atoms with E-state index in [1.54, 1.807) is 0 Å². The zero-order valence-corrected chi connectivity index (χ0v) is 14.8. The molecule has 3 nitrogen and oxygen atoms in total. The van der Waals surface area contributed by atoms with E-state index in [1.807, 2.05) is 18.2 Å². The lowest BCUT2D eigenvalue weighted by Gasteiger charge is -2.15. The maximum atomic E-state index is 5.06. The Bertz CT molecular complexity index is 1260. The summed E-state index contributed by atoms with van der Waals surface area (Å²) >= 11 is 0. The lowest BCUT2D eigenvalue weighted by Crippen LogP contribution is -2.01. The average Bonchev–Trinajstić information content (AvgIpc) is 3.07. The van der Waals surface area contributed by atoms with E-state index in [1.165, 1.54) is 11.1 Å². The van der Waals surface area contributed by atoms with Gasteiger partial charge in [0.1, 0.15) is 11.5 Å². The standard InChI is InChI=1S/C23H19N3/c1-15(2)16-9-3-4-10-17(16)22-24-19-12-6-5-11-18(19)23-25-20-13-7-8-14-21(20)26(22)23/h3-15H,1-2H3. The molecular weight excluding hydrogens is 318 g/mol. The van der Waals surface area contributed by atoms with Crippen molar-refractivity contribution in [3.63, 3.8) is 0 Å². The molecule has 0 radical (unpaired) electrons. The Morgan fingerprint density at radius 3 is 2.27 bits per heavy atom. The molecule has 26 heavy (non-hydrogen) atoms. The number of rotatable bonds is 2. The molecule has 126 valence electrons. The number of nitrogens with zero attached hydrogens (tertiary/aromatic N) is 3. The molecule has 0 atom stereocenters. The van der Waals surface area contributed by atoms with Crippen molar-refractivity contribution < 1.29 is 0 Å². The molecule has 0 bridgehead atoms. The number of fused-ring (bicyclic) bond motifs is 5. The van der Waals surface area contributed by atoms with Crippen molar-refractivity contribution in [3.8, 4) is 11.4 Å². The van der Waals surface area contributed by atoms with Crippen LogP contribution in [0, 0.1) is 0 Å². The number of benzene rings is 3. The van der Waals surface area contributed by atoms with E-state index in [9.17, 15) is 0 Å². The second kappa shape index (κ2) is 5.67. The Morgan fingerprint density at radius 2 is 1.42 bits per heavy atom. The number of aromatic nitrogens is 3. The minimum atomic E-state index is 0.421. The van der Waals surface area contributed by atoms with Crippen LogP contribution < -0.4 is 0 Å². The number of hydrogen-bond acceptors (Lipinski definition) is 2. The summed E-state index contributed by atoms with van der Waals surface area (Å²) in [6, 6.07) is 25.1. The summed E-state index contributed by atoms with van der Waals surface area (Å²) in [5.74, 6) is 1.38. The van der Waals surface area contributed by atoms with E-state index in [-0.39, 0.29) is 0 Å². The van der Waals surface area contributed by atoms with Crippen LogP contribution in [0.2, 0.25) is 0 Å². The van der Waals surface area contributed by atoms with Gasteiger partial charge in [-0.3, -0.25) is 4.40 Å². The summed E-state index contributed by atoms with van der Waals surface area (Å²) in [6.45, 7) is 4.45. The molecule has 0 aliphatic rings. The Hall–Kier alpha value is -3.20. The molecule has 0 saturated carbocycles. The van der Waals surface area contributed by atoms with E-state index in [2.05, 4.69) is 72.8 Å². The molecule has 0 N–H and O–H groups in total. The SMILES string of the molecule is CC(C)c1ccccc1-c1nc2ccccc2c2nc3ccccc3n12. The molecule has 2 aromatic heterocycles.